The highest BCUT2D eigenvalue weighted by atomic mass is 16.5. The molecule has 0 aliphatic carbocycles. The lowest BCUT2D eigenvalue weighted by Crippen LogP contribution is -2.10. The molecule has 0 radical (unpaired) electrons. The van der Waals surface area contributed by atoms with E-state index in [-0.39, 0.29) is 0 Å². The van der Waals surface area contributed by atoms with Gasteiger partial charge in [0.1, 0.15) is 13.5 Å². The van der Waals surface area contributed by atoms with Crippen molar-refractivity contribution in [2.24, 2.45) is 0 Å². The van der Waals surface area contributed by atoms with Crippen molar-refractivity contribution in [3.63, 3.8) is 0 Å². The van der Waals surface area contributed by atoms with Gasteiger partial charge in [0, 0.05) is 10.8 Å². The van der Waals surface area contributed by atoms with E-state index in [4.69, 9.17) is 4.74 Å². The number of hydrogen-bond donors (Lipinski definition) is 0. The van der Waals surface area contributed by atoms with Crippen molar-refractivity contribution in [3.05, 3.63) is 120 Å². The normalized spacial score (nSPS) is 11.5. The molecule has 0 bridgehead atoms. The standard InChI is InChI=1S/C34H32N2O/c1-3-27-29-19-11-13-21-31(29)35(33(27)25-15-7-5-8-16-25)23-37-24-36-32-22-14-12-20-30(32)28(4-2)34(36)26-17-9-6-10-18-26/h5-22H,3-4,23-24H2,1-2H3. The largest absolute Gasteiger partial charge is 0.340 e. The second-order valence-electron chi connectivity index (χ2n) is 9.45. The molecular weight excluding hydrogens is 452 g/mol. The molecule has 6 aromatic rings. The Bertz CT molecular complexity index is 1530. The Balaban J connectivity index is 1.43. The molecule has 0 fully saturated rings. The molecule has 0 spiro atoms. The van der Waals surface area contributed by atoms with E-state index in [1.165, 1.54) is 55.4 Å². The topological polar surface area (TPSA) is 19.1 Å². The minimum atomic E-state index is 0.479. The Kier molecular flexibility index (Phi) is 6.38. The van der Waals surface area contributed by atoms with Gasteiger partial charge in [-0.1, -0.05) is 111 Å². The van der Waals surface area contributed by atoms with Crippen LogP contribution in [0.3, 0.4) is 0 Å². The van der Waals surface area contributed by atoms with E-state index < -0.39 is 0 Å². The lowest BCUT2D eigenvalue weighted by atomic mass is 10.0. The molecule has 0 atom stereocenters. The fourth-order valence-electron chi connectivity index (χ4n) is 5.81. The van der Waals surface area contributed by atoms with Gasteiger partial charge in [0.05, 0.1) is 22.4 Å². The van der Waals surface area contributed by atoms with Crippen LogP contribution in [0.15, 0.2) is 109 Å². The van der Waals surface area contributed by atoms with Crippen LogP contribution >= 0.6 is 0 Å². The number of aromatic nitrogens is 2. The molecule has 0 aliphatic heterocycles. The van der Waals surface area contributed by atoms with Crippen molar-refractivity contribution in [2.75, 3.05) is 0 Å². The van der Waals surface area contributed by atoms with Crippen molar-refractivity contribution in [1.29, 1.82) is 0 Å². The zero-order chi connectivity index (χ0) is 25.2. The molecule has 0 saturated carbocycles. The summed E-state index contributed by atoms with van der Waals surface area (Å²) in [4.78, 5) is 0. The zero-order valence-electron chi connectivity index (χ0n) is 21.5. The molecule has 37 heavy (non-hydrogen) atoms. The zero-order valence-corrected chi connectivity index (χ0v) is 21.5. The third kappa shape index (κ3) is 4.06. The summed E-state index contributed by atoms with van der Waals surface area (Å²) in [5.74, 6) is 0. The van der Waals surface area contributed by atoms with Gasteiger partial charge in [0.25, 0.3) is 0 Å². The fourth-order valence-corrected chi connectivity index (χ4v) is 5.81. The second-order valence-corrected chi connectivity index (χ2v) is 9.45. The summed E-state index contributed by atoms with van der Waals surface area (Å²) in [6, 6.07) is 38.8. The Morgan fingerprint density at radius 2 is 0.865 bits per heavy atom. The van der Waals surface area contributed by atoms with Gasteiger partial charge in [-0.2, -0.15) is 0 Å². The minimum Gasteiger partial charge on any atom is -0.340 e. The van der Waals surface area contributed by atoms with Gasteiger partial charge in [-0.3, -0.25) is 0 Å². The quantitative estimate of drug-likeness (QED) is 0.211. The number of rotatable bonds is 8. The number of hydrogen-bond acceptors (Lipinski definition) is 1. The van der Waals surface area contributed by atoms with Crippen molar-refractivity contribution in [3.8, 4) is 22.5 Å². The predicted molar refractivity (Wildman–Crippen MR) is 155 cm³/mol. The van der Waals surface area contributed by atoms with Gasteiger partial charge in [-0.25, -0.2) is 0 Å². The van der Waals surface area contributed by atoms with E-state index in [0.29, 0.717) is 13.5 Å². The van der Waals surface area contributed by atoms with Crippen molar-refractivity contribution < 1.29 is 4.74 Å². The molecule has 4 aromatic carbocycles. The van der Waals surface area contributed by atoms with Gasteiger partial charge in [-0.05, 0) is 47.2 Å². The molecule has 0 unspecified atom stereocenters. The van der Waals surface area contributed by atoms with Gasteiger partial charge < -0.3 is 13.9 Å². The maximum Gasteiger partial charge on any atom is 0.125 e. The molecule has 2 aromatic heterocycles. The summed E-state index contributed by atoms with van der Waals surface area (Å²) >= 11 is 0. The smallest absolute Gasteiger partial charge is 0.125 e. The summed E-state index contributed by atoms with van der Waals surface area (Å²) in [5.41, 5.74) is 10.1. The van der Waals surface area contributed by atoms with E-state index in [1.807, 2.05) is 0 Å². The molecule has 6 rings (SSSR count). The van der Waals surface area contributed by atoms with Gasteiger partial charge in [0.2, 0.25) is 0 Å². The Labute approximate surface area is 218 Å². The summed E-state index contributed by atoms with van der Waals surface area (Å²) in [6.07, 6.45) is 1.94. The number of para-hydroxylation sites is 2. The van der Waals surface area contributed by atoms with Crippen LogP contribution in [-0.4, -0.2) is 9.13 Å². The molecule has 184 valence electrons. The van der Waals surface area contributed by atoms with E-state index in [0.717, 1.165) is 12.8 Å². The van der Waals surface area contributed by atoms with Crippen LogP contribution in [0.5, 0.6) is 0 Å². The summed E-state index contributed by atoms with van der Waals surface area (Å²) in [7, 11) is 0. The highest BCUT2D eigenvalue weighted by Gasteiger charge is 2.19. The number of nitrogens with zero attached hydrogens (tertiary/aromatic N) is 2. The van der Waals surface area contributed by atoms with Gasteiger partial charge in [0.15, 0.2) is 0 Å². The molecule has 0 amide bonds. The molecule has 2 heterocycles. The van der Waals surface area contributed by atoms with Crippen LogP contribution in [0, 0.1) is 0 Å². The number of aryl methyl sites for hydroxylation is 2. The van der Waals surface area contributed by atoms with Gasteiger partial charge in [-0.15, -0.1) is 0 Å². The Hall–Kier alpha value is -4.08. The molecule has 0 saturated heterocycles. The lowest BCUT2D eigenvalue weighted by molar-refractivity contribution is 0.0336. The Morgan fingerprint density at radius 3 is 1.27 bits per heavy atom. The first-order valence-corrected chi connectivity index (χ1v) is 13.2. The average molecular weight is 485 g/mol. The molecule has 3 heteroatoms. The minimum absolute atomic E-state index is 0.479. The van der Waals surface area contributed by atoms with Crippen LogP contribution in [-0.2, 0) is 31.0 Å². The summed E-state index contributed by atoms with van der Waals surface area (Å²) in [6.45, 7) is 5.44. The third-order valence-corrected chi connectivity index (χ3v) is 7.39. The number of benzene rings is 4. The van der Waals surface area contributed by atoms with Crippen molar-refractivity contribution in [1.82, 2.24) is 9.13 Å². The Morgan fingerprint density at radius 1 is 0.486 bits per heavy atom. The molecule has 3 nitrogen and oxygen atoms in total. The maximum absolute atomic E-state index is 6.59. The summed E-state index contributed by atoms with van der Waals surface area (Å²) < 4.78 is 11.3. The van der Waals surface area contributed by atoms with E-state index >= 15 is 0 Å². The van der Waals surface area contributed by atoms with E-state index in [1.54, 1.807) is 0 Å². The van der Waals surface area contributed by atoms with Gasteiger partial charge >= 0.3 is 0 Å². The first kappa shape index (κ1) is 23.3. The molecule has 0 aliphatic rings. The maximum atomic E-state index is 6.59. The molecule has 0 N–H and O–H groups in total. The SMILES string of the molecule is CCc1c(-c2ccccc2)n(COCn2c(-c3ccccc3)c(CC)c3ccccc32)c2ccccc12. The van der Waals surface area contributed by atoms with Crippen LogP contribution in [0.2, 0.25) is 0 Å². The van der Waals surface area contributed by atoms with Crippen LogP contribution in [0.25, 0.3) is 44.3 Å². The van der Waals surface area contributed by atoms with Crippen molar-refractivity contribution in [2.45, 2.75) is 40.2 Å². The highest BCUT2D eigenvalue weighted by Crippen LogP contribution is 2.36. The van der Waals surface area contributed by atoms with E-state index in [9.17, 15) is 0 Å². The third-order valence-electron chi connectivity index (χ3n) is 7.39. The second kappa shape index (κ2) is 10.1. The van der Waals surface area contributed by atoms with Crippen LogP contribution < -0.4 is 0 Å². The summed E-state index contributed by atoms with van der Waals surface area (Å²) in [5, 5.41) is 2.61. The average Bonchev–Trinajstić information content (AvgIpc) is 3.46. The highest BCUT2D eigenvalue weighted by molar-refractivity contribution is 5.93. The monoisotopic (exact) mass is 484 g/mol. The first-order chi connectivity index (χ1) is 18.3. The van der Waals surface area contributed by atoms with E-state index in [2.05, 4.69) is 132 Å². The van der Waals surface area contributed by atoms with Crippen LogP contribution in [0.1, 0.15) is 25.0 Å². The molecular formula is C34H32N2O. The number of fused-ring (bicyclic) bond motifs is 2. The first-order valence-electron chi connectivity index (χ1n) is 13.2. The number of ether oxygens (including phenoxy) is 1. The van der Waals surface area contributed by atoms with Crippen LogP contribution in [0.4, 0.5) is 0 Å². The lowest BCUT2D eigenvalue weighted by Gasteiger charge is -2.16. The predicted octanol–water partition coefficient (Wildman–Crippen LogP) is 8.69. The fraction of sp³-hybridized carbons (Fsp3) is 0.176. The van der Waals surface area contributed by atoms with Crippen molar-refractivity contribution >= 4 is 21.8 Å².